The van der Waals surface area contributed by atoms with Gasteiger partial charge < -0.3 is 10.1 Å². The van der Waals surface area contributed by atoms with Crippen molar-refractivity contribution < 1.29 is 17.9 Å². The van der Waals surface area contributed by atoms with Gasteiger partial charge in [0.2, 0.25) is 5.88 Å². The molecule has 6 heteroatoms. The molecule has 2 heterocycles. The summed E-state index contributed by atoms with van der Waals surface area (Å²) in [4.78, 5) is 3.67. The highest BCUT2D eigenvalue weighted by atomic mass is 19.4. The van der Waals surface area contributed by atoms with Gasteiger partial charge in [-0.25, -0.2) is 4.98 Å². The zero-order valence-electron chi connectivity index (χ0n) is 9.83. The molecule has 1 unspecified atom stereocenters. The van der Waals surface area contributed by atoms with E-state index in [9.17, 15) is 13.2 Å². The van der Waals surface area contributed by atoms with Crippen molar-refractivity contribution in [3.63, 3.8) is 0 Å². The lowest BCUT2D eigenvalue weighted by molar-refractivity contribution is -0.137. The highest BCUT2D eigenvalue weighted by Gasteiger charge is 2.30. The largest absolute Gasteiger partial charge is 0.477 e. The van der Waals surface area contributed by atoms with Crippen molar-refractivity contribution in [3.8, 4) is 5.88 Å². The normalized spacial score (nSPS) is 20.7. The van der Waals surface area contributed by atoms with E-state index in [1.54, 1.807) is 0 Å². The zero-order valence-corrected chi connectivity index (χ0v) is 9.83. The van der Waals surface area contributed by atoms with Crippen molar-refractivity contribution in [2.75, 3.05) is 19.7 Å². The molecule has 1 fully saturated rings. The minimum atomic E-state index is -4.35. The van der Waals surface area contributed by atoms with Gasteiger partial charge in [-0.3, -0.25) is 0 Å². The molecule has 1 saturated heterocycles. The summed E-state index contributed by atoms with van der Waals surface area (Å²) in [5, 5.41) is 3.25. The summed E-state index contributed by atoms with van der Waals surface area (Å²) < 4.78 is 42.3. The maximum atomic E-state index is 12.3. The van der Waals surface area contributed by atoms with E-state index in [0.29, 0.717) is 12.5 Å². The summed E-state index contributed by atoms with van der Waals surface area (Å²) in [5.41, 5.74) is -0.755. The van der Waals surface area contributed by atoms with Crippen molar-refractivity contribution >= 4 is 0 Å². The molecule has 0 aromatic carbocycles. The fraction of sp³-hybridized carbons (Fsp3) is 0.583. The summed E-state index contributed by atoms with van der Waals surface area (Å²) >= 11 is 0. The maximum Gasteiger partial charge on any atom is 0.417 e. The summed E-state index contributed by atoms with van der Waals surface area (Å²) in [7, 11) is 0. The van der Waals surface area contributed by atoms with E-state index >= 15 is 0 Å². The van der Waals surface area contributed by atoms with Gasteiger partial charge >= 0.3 is 6.18 Å². The molecule has 0 saturated carbocycles. The van der Waals surface area contributed by atoms with E-state index in [4.69, 9.17) is 4.74 Å². The summed E-state index contributed by atoms with van der Waals surface area (Å²) in [5.74, 6) is 0.649. The Bertz CT molecular complexity index is 372. The highest BCUT2D eigenvalue weighted by molar-refractivity contribution is 5.20. The minimum Gasteiger partial charge on any atom is -0.477 e. The van der Waals surface area contributed by atoms with E-state index in [0.717, 1.165) is 38.2 Å². The van der Waals surface area contributed by atoms with Crippen LogP contribution in [-0.4, -0.2) is 24.7 Å². The number of hydrogen-bond acceptors (Lipinski definition) is 3. The topological polar surface area (TPSA) is 34.1 Å². The van der Waals surface area contributed by atoms with Gasteiger partial charge in [-0.1, -0.05) is 0 Å². The Labute approximate surface area is 103 Å². The Morgan fingerprint density at radius 3 is 2.78 bits per heavy atom. The first kappa shape index (κ1) is 13.1. The lowest BCUT2D eigenvalue weighted by Crippen LogP contribution is -2.33. The van der Waals surface area contributed by atoms with E-state index < -0.39 is 11.7 Å². The Hall–Kier alpha value is -1.30. The third-order valence-corrected chi connectivity index (χ3v) is 2.93. The van der Waals surface area contributed by atoms with Crippen LogP contribution in [-0.2, 0) is 6.18 Å². The molecule has 1 aromatic heterocycles. The number of halogens is 3. The molecule has 0 amide bonds. The van der Waals surface area contributed by atoms with Crippen LogP contribution in [0.1, 0.15) is 18.4 Å². The van der Waals surface area contributed by atoms with Gasteiger partial charge in [0.15, 0.2) is 0 Å². The molecule has 0 bridgehead atoms. The molecule has 1 aliphatic rings. The third-order valence-electron chi connectivity index (χ3n) is 2.93. The number of nitrogens with zero attached hydrogens (tertiary/aromatic N) is 1. The van der Waals surface area contributed by atoms with Crippen LogP contribution in [0.3, 0.4) is 0 Å². The van der Waals surface area contributed by atoms with Crippen LogP contribution < -0.4 is 10.1 Å². The van der Waals surface area contributed by atoms with E-state index in [2.05, 4.69) is 10.3 Å². The SMILES string of the molecule is FC(F)(F)c1ccc(OCC2CCCNC2)nc1. The number of ether oxygens (including phenoxy) is 1. The smallest absolute Gasteiger partial charge is 0.417 e. The zero-order chi connectivity index (χ0) is 13.0. The van der Waals surface area contributed by atoms with Crippen LogP contribution in [0.4, 0.5) is 13.2 Å². The third kappa shape index (κ3) is 3.60. The average molecular weight is 260 g/mol. The standard InChI is InChI=1S/C12H15F3N2O/c13-12(14,15)10-3-4-11(17-7-10)18-8-9-2-1-5-16-6-9/h3-4,7,9,16H,1-2,5-6,8H2. The van der Waals surface area contributed by atoms with E-state index in [1.807, 2.05) is 0 Å². The van der Waals surface area contributed by atoms with E-state index in [1.165, 1.54) is 6.07 Å². The van der Waals surface area contributed by atoms with Crippen molar-refractivity contribution in [1.29, 1.82) is 0 Å². The van der Waals surface area contributed by atoms with Crippen LogP contribution in [0.25, 0.3) is 0 Å². The fourth-order valence-corrected chi connectivity index (χ4v) is 1.90. The van der Waals surface area contributed by atoms with Gasteiger partial charge in [0.05, 0.1) is 12.2 Å². The summed E-state index contributed by atoms with van der Waals surface area (Å²) in [6.07, 6.45) is -1.37. The average Bonchev–Trinajstić information content (AvgIpc) is 2.37. The number of alkyl halides is 3. The van der Waals surface area contributed by atoms with Crippen LogP contribution in [0.2, 0.25) is 0 Å². The Balaban J connectivity index is 1.86. The second-order valence-electron chi connectivity index (χ2n) is 4.41. The Morgan fingerprint density at radius 1 is 1.39 bits per heavy atom. The summed E-state index contributed by atoms with van der Waals surface area (Å²) in [6, 6.07) is 2.25. The first-order valence-electron chi connectivity index (χ1n) is 5.92. The van der Waals surface area contributed by atoms with Crippen molar-refractivity contribution in [1.82, 2.24) is 10.3 Å². The first-order chi connectivity index (χ1) is 8.55. The maximum absolute atomic E-state index is 12.3. The predicted molar refractivity (Wildman–Crippen MR) is 60.3 cm³/mol. The molecule has 3 nitrogen and oxygen atoms in total. The molecule has 1 N–H and O–H groups in total. The van der Waals surface area contributed by atoms with Crippen LogP contribution >= 0.6 is 0 Å². The number of aromatic nitrogens is 1. The van der Waals surface area contributed by atoms with Gasteiger partial charge in [0, 0.05) is 24.7 Å². The first-order valence-corrected chi connectivity index (χ1v) is 5.92. The van der Waals surface area contributed by atoms with E-state index in [-0.39, 0.29) is 5.88 Å². The van der Waals surface area contributed by atoms with Crippen molar-refractivity contribution in [3.05, 3.63) is 23.9 Å². The number of pyridine rings is 1. The second kappa shape index (κ2) is 5.56. The molecule has 1 aromatic rings. The van der Waals surface area contributed by atoms with Gasteiger partial charge in [-0.15, -0.1) is 0 Å². The number of nitrogens with one attached hydrogen (secondary N) is 1. The van der Waals surface area contributed by atoms with Gasteiger partial charge in [0.25, 0.3) is 0 Å². The summed E-state index contributed by atoms with van der Waals surface area (Å²) in [6.45, 7) is 2.40. The highest BCUT2D eigenvalue weighted by Crippen LogP contribution is 2.29. The van der Waals surface area contributed by atoms with Crippen LogP contribution in [0.15, 0.2) is 18.3 Å². The number of hydrogen-bond donors (Lipinski definition) is 1. The number of piperidine rings is 1. The minimum absolute atomic E-state index is 0.244. The molecule has 0 radical (unpaired) electrons. The molecule has 18 heavy (non-hydrogen) atoms. The molecule has 1 aliphatic heterocycles. The quantitative estimate of drug-likeness (QED) is 0.906. The van der Waals surface area contributed by atoms with Gasteiger partial charge in [-0.05, 0) is 25.5 Å². The molecule has 100 valence electrons. The molecule has 2 rings (SSSR count). The predicted octanol–water partition coefficient (Wildman–Crippen LogP) is 2.48. The molecule has 1 atom stereocenters. The molecular weight excluding hydrogens is 245 g/mol. The lowest BCUT2D eigenvalue weighted by atomic mass is 10.0. The van der Waals surface area contributed by atoms with Gasteiger partial charge in [-0.2, -0.15) is 13.2 Å². The lowest BCUT2D eigenvalue weighted by Gasteiger charge is -2.22. The fourth-order valence-electron chi connectivity index (χ4n) is 1.90. The van der Waals surface area contributed by atoms with Crippen molar-refractivity contribution in [2.24, 2.45) is 5.92 Å². The molecule has 0 spiro atoms. The molecular formula is C12H15F3N2O. The van der Waals surface area contributed by atoms with Gasteiger partial charge in [0.1, 0.15) is 0 Å². The second-order valence-corrected chi connectivity index (χ2v) is 4.41. The Morgan fingerprint density at radius 2 is 2.22 bits per heavy atom. The monoisotopic (exact) mass is 260 g/mol. The van der Waals surface area contributed by atoms with Crippen molar-refractivity contribution in [2.45, 2.75) is 19.0 Å². The Kier molecular flexibility index (Phi) is 4.06. The molecule has 0 aliphatic carbocycles. The van der Waals surface area contributed by atoms with Crippen LogP contribution in [0, 0.1) is 5.92 Å². The van der Waals surface area contributed by atoms with Crippen LogP contribution in [0.5, 0.6) is 5.88 Å². The number of rotatable bonds is 3.